The molecule has 3 nitrogen and oxygen atoms in total. The minimum Gasteiger partial charge on any atom is -0.456 e. The number of thioether (sulfide) groups is 1. The molecule has 2 aromatic rings. The number of ether oxygens (including phenoxy) is 1. The zero-order valence-corrected chi connectivity index (χ0v) is 11.9. The fourth-order valence-corrected chi connectivity index (χ4v) is 2.15. The van der Waals surface area contributed by atoms with Crippen LogP contribution in [0.1, 0.15) is 5.56 Å². The van der Waals surface area contributed by atoms with Gasteiger partial charge in [-0.05, 0) is 48.7 Å². The molecule has 2 aromatic carbocycles. The molecule has 19 heavy (non-hydrogen) atoms. The van der Waals surface area contributed by atoms with Crippen molar-refractivity contribution in [3.8, 4) is 11.5 Å². The van der Waals surface area contributed by atoms with Crippen molar-refractivity contribution < 1.29 is 4.74 Å². The smallest absolute Gasteiger partial charge is 0.146 e. The lowest BCUT2D eigenvalue weighted by Gasteiger charge is -2.09. The van der Waals surface area contributed by atoms with Gasteiger partial charge in [0.2, 0.25) is 0 Å². The summed E-state index contributed by atoms with van der Waals surface area (Å²) in [7, 11) is 0. The van der Waals surface area contributed by atoms with E-state index in [4.69, 9.17) is 27.5 Å². The molecule has 3 N–H and O–H groups in total. The van der Waals surface area contributed by atoms with Crippen LogP contribution >= 0.6 is 23.4 Å². The topological polar surface area (TPSA) is 59.1 Å². The van der Waals surface area contributed by atoms with Crippen LogP contribution in [0, 0.1) is 5.41 Å². The fraction of sp³-hybridized carbons (Fsp3) is 0.0714. The second kappa shape index (κ2) is 5.99. The molecule has 0 aromatic heterocycles. The van der Waals surface area contributed by atoms with Crippen molar-refractivity contribution in [3.05, 3.63) is 53.1 Å². The molecule has 2 rings (SSSR count). The fourth-order valence-electron chi connectivity index (χ4n) is 1.52. The van der Waals surface area contributed by atoms with E-state index in [-0.39, 0.29) is 5.84 Å². The van der Waals surface area contributed by atoms with Crippen LogP contribution in [-0.4, -0.2) is 12.1 Å². The Morgan fingerprint density at radius 1 is 1.21 bits per heavy atom. The van der Waals surface area contributed by atoms with Crippen LogP contribution in [0.25, 0.3) is 0 Å². The average Bonchev–Trinajstić information content (AvgIpc) is 2.41. The summed E-state index contributed by atoms with van der Waals surface area (Å²) < 4.78 is 5.69. The molecular weight excluding hydrogens is 280 g/mol. The number of halogens is 1. The summed E-state index contributed by atoms with van der Waals surface area (Å²) in [4.78, 5) is 1.17. The zero-order valence-electron chi connectivity index (χ0n) is 10.3. The van der Waals surface area contributed by atoms with E-state index in [0.29, 0.717) is 16.3 Å². The number of nitrogen functional groups attached to an aromatic ring is 1. The standard InChI is InChI=1S/C14H13ClN2OS/c1-19-11-5-3-10(4-6-11)18-13-7-2-9(14(16)17)8-12(13)15/h2-8H,1H3,(H3,16,17). The summed E-state index contributed by atoms with van der Waals surface area (Å²) in [6.45, 7) is 0. The van der Waals surface area contributed by atoms with Gasteiger partial charge < -0.3 is 10.5 Å². The minimum atomic E-state index is -0.0160. The van der Waals surface area contributed by atoms with Gasteiger partial charge in [0.05, 0.1) is 5.02 Å². The number of nitrogens with two attached hydrogens (primary N) is 1. The van der Waals surface area contributed by atoms with Gasteiger partial charge in [-0.1, -0.05) is 11.6 Å². The molecular formula is C14H13ClN2OS. The normalized spacial score (nSPS) is 10.2. The molecule has 98 valence electrons. The Labute approximate surface area is 121 Å². The number of hydrogen-bond donors (Lipinski definition) is 2. The van der Waals surface area contributed by atoms with Gasteiger partial charge in [-0.3, -0.25) is 5.41 Å². The number of rotatable bonds is 4. The van der Waals surface area contributed by atoms with Gasteiger partial charge in [0.1, 0.15) is 17.3 Å². The summed E-state index contributed by atoms with van der Waals surface area (Å²) >= 11 is 7.77. The summed E-state index contributed by atoms with van der Waals surface area (Å²) in [5, 5.41) is 7.78. The maximum atomic E-state index is 7.34. The van der Waals surface area contributed by atoms with E-state index in [1.54, 1.807) is 30.0 Å². The maximum absolute atomic E-state index is 7.34. The van der Waals surface area contributed by atoms with E-state index >= 15 is 0 Å². The molecule has 0 aliphatic heterocycles. The number of nitrogens with one attached hydrogen (secondary N) is 1. The Morgan fingerprint density at radius 3 is 2.42 bits per heavy atom. The molecule has 0 radical (unpaired) electrons. The van der Waals surface area contributed by atoms with Crippen molar-refractivity contribution in [2.75, 3.05) is 6.26 Å². The van der Waals surface area contributed by atoms with Gasteiger partial charge in [-0.25, -0.2) is 0 Å². The predicted molar refractivity (Wildman–Crippen MR) is 80.8 cm³/mol. The Kier molecular flexibility index (Phi) is 4.35. The lowest BCUT2D eigenvalue weighted by atomic mass is 10.2. The van der Waals surface area contributed by atoms with E-state index in [1.165, 1.54) is 4.90 Å². The highest BCUT2D eigenvalue weighted by molar-refractivity contribution is 7.98. The highest BCUT2D eigenvalue weighted by atomic mass is 35.5. The van der Waals surface area contributed by atoms with E-state index < -0.39 is 0 Å². The molecule has 0 saturated carbocycles. The molecule has 0 spiro atoms. The molecule has 0 aliphatic rings. The summed E-state index contributed by atoms with van der Waals surface area (Å²) in [6, 6.07) is 12.8. The number of amidine groups is 1. The summed E-state index contributed by atoms with van der Waals surface area (Å²) in [6.07, 6.45) is 2.02. The molecule has 0 saturated heterocycles. The first-order valence-corrected chi connectivity index (χ1v) is 7.16. The van der Waals surface area contributed by atoms with E-state index in [1.807, 2.05) is 30.5 Å². The van der Waals surface area contributed by atoms with Crippen LogP contribution in [0.2, 0.25) is 5.02 Å². The first-order valence-electron chi connectivity index (χ1n) is 5.56. The average molecular weight is 293 g/mol. The Morgan fingerprint density at radius 2 is 1.89 bits per heavy atom. The van der Waals surface area contributed by atoms with Gasteiger partial charge in [0.25, 0.3) is 0 Å². The van der Waals surface area contributed by atoms with Gasteiger partial charge >= 0.3 is 0 Å². The molecule has 0 heterocycles. The van der Waals surface area contributed by atoms with Crippen molar-refractivity contribution in [1.82, 2.24) is 0 Å². The van der Waals surface area contributed by atoms with Gasteiger partial charge in [-0.15, -0.1) is 11.8 Å². The first-order chi connectivity index (χ1) is 9.10. The Balaban J connectivity index is 2.20. The lowest BCUT2D eigenvalue weighted by molar-refractivity contribution is 0.482. The van der Waals surface area contributed by atoms with Crippen molar-refractivity contribution in [3.63, 3.8) is 0 Å². The first kappa shape index (κ1) is 13.8. The minimum absolute atomic E-state index is 0.0160. The summed E-state index contributed by atoms with van der Waals surface area (Å²) in [5.74, 6) is 1.25. The van der Waals surface area contributed by atoms with Crippen LogP contribution in [0.3, 0.4) is 0 Å². The molecule has 5 heteroatoms. The SMILES string of the molecule is CSc1ccc(Oc2ccc(C(=N)N)cc2Cl)cc1. The predicted octanol–water partition coefficient (Wildman–Crippen LogP) is 4.14. The molecule has 0 unspecified atom stereocenters. The van der Waals surface area contributed by atoms with Crippen molar-refractivity contribution >= 4 is 29.2 Å². The third-order valence-electron chi connectivity index (χ3n) is 2.53. The third-order valence-corrected chi connectivity index (χ3v) is 3.57. The van der Waals surface area contributed by atoms with Crippen molar-refractivity contribution in [2.24, 2.45) is 5.73 Å². The van der Waals surface area contributed by atoms with Crippen molar-refractivity contribution in [1.29, 1.82) is 5.41 Å². The number of benzene rings is 2. The maximum Gasteiger partial charge on any atom is 0.146 e. The molecule has 0 amide bonds. The molecule has 0 bridgehead atoms. The van der Waals surface area contributed by atoms with Crippen LogP contribution in [0.4, 0.5) is 0 Å². The second-order valence-corrected chi connectivity index (χ2v) is 5.12. The third kappa shape index (κ3) is 3.43. The Bertz CT molecular complexity index is 599. The highest BCUT2D eigenvalue weighted by Crippen LogP contribution is 2.30. The van der Waals surface area contributed by atoms with Crippen LogP contribution in [0.15, 0.2) is 47.4 Å². The van der Waals surface area contributed by atoms with Gasteiger partial charge in [-0.2, -0.15) is 0 Å². The monoisotopic (exact) mass is 292 g/mol. The van der Waals surface area contributed by atoms with E-state index in [2.05, 4.69) is 0 Å². The van der Waals surface area contributed by atoms with Crippen LogP contribution < -0.4 is 10.5 Å². The molecule has 0 aliphatic carbocycles. The Hall–Kier alpha value is -1.65. The van der Waals surface area contributed by atoms with Crippen LogP contribution in [0.5, 0.6) is 11.5 Å². The number of hydrogen-bond acceptors (Lipinski definition) is 3. The lowest BCUT2D eigenvalue weighted by Crippen LogP contribution is -2.10. The van der Waals surface area contributed by atoms with Gasteiger partial charge in [0, 0.05) is 10.5 Å². The second-order valence-electron chi connectivity index (χ2n) is 3.84. The molecule has 0 atom stereocenters. The highest BCUT2D eigenvalue weighted by Gasteiger charge is 2.06. The quantitative estimate of drug-likeness (QED) is 0.506. The van der Waals surface area contributed by atoms with E-state index in [0.717, 1.165) is 5.75 Å². The summed E-state index contributed by atoms with van der Waals surface area (Å²) in [5.41, 5.74) is 5.98. The van der Waals surface area contributed by atoms with Gasteiger partial charge in [0.15, 0.2) is 0 Å². The largest absolute Gasteiger partial charge is 0.456 e. The molecule has 0 fully saturated rings. The van der Waals surface area contributed by atoms with Crippen molar-refractivity contribution in [2.45, 2.75) is 4.90 Å². The zero-order chi connectivity index (χ0) is 13.8. The van der Waals surface area contributed by atoms with Crippen LogP contribution in [-0.2, 0) is 0 Å². The van der Waals surface area contributed by atoms with E-state index in [9.17, 15) is 0 Å².